The first-order chi connectivity index (χ1) is 15.4. The molecule has 162 valence electrons. The van der Waals surface area contributed by atoms with E-state index in [1.165, 1.54) is 0 Å². The second kappa shape index (κ2) is 9.24. The van der Waals surface area contributed by atoms with Gasteiger partial charge in [-0.05, 0) is 71.5 Å². The Morgan fingerprint density at radius 2 is 1.53 bits per heavy atom. The fourth-order valence-corrected chi connectivity index (χ4v) is 4.85. The van der Waals surface area contributed by atoms with Gasteiger partial charge < -0.3 is 5.11 Å². The van der Waals surface area contributed by atoms with E-state index in [0.29, 0.717) is 18.5 Å². The third kappa shape index (κ3) is 4.98. The molecule has 32 heavy (non-hydrogen) atoms. The Morgan fingerprint density at radius 3 is 2.34 bits per heavy atom. The van der Waals surface area contributed by atoms with E-state index in [2.05, 4.69) is 4.72 Å². The highest BCUT2D eigenvalue weighted by molar-refractivity contribution is 7.92. The van der Waals surface area contributed by atoms with E-state index >= 15 is 0 Å². The van der Waals surface area contributed by atoms with Crippen molar-refractivity contribution in [1.29, 1.82) is 0 Å². The summed E-state index contributed by atoms with van der Waals surface area (Å²) in [4.78, 5) is 11.4. The van der Waals surface area contributed by atoms with Gasteiger partial charge in [0, 0.05) is 0 Å². The van der Waals surface area contributed by atoms with E-state index in [9.17, 15) is 13.2 Å². The minimum atomic E-state index is -3.73. The maximum atomic E-state index is 13.0. The molecule has 0 saturated heterocycles. The molecule has 0 atom stereocenters. The Balaban J connectivity index is 1.49. The standard InChI is InChI=1S/C26H23NO4S/c28-26(29)23-13-6-8-19(17-23)7-5-12-21-10-3-4-14-25(21)27-32(30,31)24-16-15-20-9-1-2-11-22(20)18-24/h1-4,6,8-11,13-18,27H,5,7,12H2,(H,28,29). The summed E-state index contributed by atoms with van der Waals surface area (Å²) in [5, 5.41) is 11.0. The summed E-state index contributed by atoms with van der Waals surface area (Å²) in [6.45, 7) is 0. The molecular weight excluding hydrogens is 422 g/mol. The third-order valence-electron chi connectivity index (χ3n) is 5.38. The second-order valence-electron chi connectivity index (χ2n) is 7.63. The molecule has 0 unspecified atom stereocenters. The smallest absolute Gasteiger partial charge is 0.335 e. The van der Waals surface area contributed by atoms with Gasteiger partial charge in [-0.3, -0.25) is 4.72 Å². The summed E-state index contributed by atoms with van der Waals surface area (Å²) in [5.41, 5.74) is 2.66. The molecule has 4 rings (SSSR count). The molecule has 6 heteroatoms. The number of carbonyl (C=O) groups is 1. The number of sulfonamides is 1. The predicted octanol–water partition coefficient (Wildman–Crippen LogP) is 5.51. The lowest BCUT2D eigenvalue weighted by molar-refractivity contribution is 0.0696. The number of aryl methyl sites for hydroxylation is 2. The molecular formula is C26H23NO4S. The van der Waals surface area contributed by atoms with E-state index in [-0.39, 0.29) is 10.5 Å². The third-order valence-corrected chi connectivity index (χ3v) is 6.74. The van der Waals surface area contributed by atoms with Gasteiger partial charge in [-0.15, -0.1) is 0 Å². The maximum absolute atomic E-state index is 13.0. The van der Waals surface area contributed by atoms with Gasteiger partial charge in [0.15, 0.2) is 0 Å². The highest BCUT2D eigenvalue weighted by Crippen LogP contribution is 2.24. The Hall–Kier alpha value is -3.64. The lowest BCUT2D eigenvalue weighted by Gasteiger charge is -2.13. The van der Waals surface area contributed by atoms with Crippen molar-refractivity contribution in [2.24, 2.45) is 0 Å². The summed E-state index contributed by atoms with van der Waals surface area (Å²) >= 11 is 0. The van der Waals surface area contributed by atoms with E-state index in [1.54, 1.807) is 48.5 Å². The molecule has 0 aliphatic rings. The van der Waals surface area contributed by atoms with Crippen LogP contribution >= 0.6 is 0 Å². The van der Waals surface area contributed by atoms with Crippen LogP contribution < -0.4 is 4.72 Å². The first kappa shape index (κ1) is 21.6. The van der Waals surface area contributed by atoms with Gasteiger partial charge in [-0.25, -0.2) is 13.2 Å². The maximum Gasteiger partial charge on any atom is 0.335 e. The number of carboxylic acid groups (broad SMARTS) is 1. The molecule has 0 aliphatic heterocycles. The molecule has 4 aromatic rings. The van der Waals surface area contributed by atoms with E-state index < -0.39 is 16.0 Å². The molecule has 5 nitrogen and oxygen atoms in total. The van der Waals surface area contributed by atoms with Crippen LogP contribution in [0.15, 0.2) is 95.9 Å². The van der Waals surface area contributed by atoms with Crippen molar-refractivity contribution in [3.8, 4) is 0 Å². The number of hydrogen-bond donors (Lipinski definition) is 2. The van der Waals surface area contributed by atoms with Crippen LogP contribution in [0.4, 0.5) is 5.69 Å². The Bertz CT molecular complexity index is 1380. The predicted molar refractivity (Wildman–Crippen MR) is 127 cm³/mol. The van der Waals surface area contributed by atoms with Crippen LogP contribution in [0.2, 0.25) is 0 Å². The molecule has 0 radical (unpaired) electrons. The molecule has 0 aliphatic carbocycles. The highest BCUT2D eigenvalue weighted by atomic mass is 32.2. The first-order valence-electron chi connectivity index (χ1n) is 10.3. The molecule has 0 aromatic heterocycles. The second-order valence-corrected chi connectivity index (χ2v) is 9.31. The quantitative estimate of drug-likeness (QED) is 0.374. The van der Waals surface area contributed by atoms with Gasteiger partial charge >= 0.3 is 5.97 Å². The number of rotatable bonds is 8. The fourth-order valence-electron chi connectivity index (χ4n) is 3.72. The Labute approximate surface area is 187 Å². The topological polar surface area (TPSA) is 83.5 Å². The molecule has 4 aromatic carbocycles. The summed E-state index contributed by atoms with van der Waals surface area (Å²) in [7, 11) is -3.73. The number of benzene rings is 4. The van der Waals surface area contributed by atoms with Crippen molar-refractivity contribution in [2.75, 3.05) is 4.72 Å². The van der Waals surface area contributed by atoms with Crippen molar-refractivity contribution in [2.45, 2.75) is 24.2 Å². The van der Waals surface area contributed by atoms with Crippen molar-refractivity contribution < 1.29 is 18.3 Å². The summed E-state index contributed by atoms with van der Waals surface area (Å²) in [6.07, 6.45) is 2.12. The first-order valence-corrected chi connectivity index (χ1v) is 11.8. The van der Waals surface area contributed by atoms with E-state index in [4.69, 9.17) is 5.11 Å². The van der Waals surface area contributed by atoms with Gasteiger partial charge in [0.05, 0.1) is 16.1 Å². The van der Waals surface area contributed by atoms with Crippen LogP contribution in [0.5, 0.6) is 0 Å². The summed E-state index contributed by atoms with van der Waals surface area (Å²) in [6, 6.07) is 27.0. The van der Waals surface area contributed by atoms with Crippen LogP contribution in [0.25, 0.3) is 10.8 Å². The number of anilines is 1. The van der Waals surface area contributed by atoms with Crippen LogP contribution in [0.1, 0.15) is 27.9 Å². The minimum absolute atomic E-state index is 0.219. The van der Waals surface area contributed by atoms with Gasteiger partial charge in [-0.2, -0.15) is 0 Å². The zero-order valence-electron chi connectivity index (χ0n) is 17.4. The van der Waals surface area contributed by atoms with Gasteiger partial charge in [0.1, 0.15) is 0 Å². The number of para-hydroxylation sites is 1. The Kier molecular flexibility index (Phi) is 6.23. The SMILES string of the molecule is O=C(O)c1cccc(CCCc2ccccc2NS(=O)(=O)c2ccc3ccccc3c2)c1. The molecule has 0 bridgehead atoms. The van der Waals surface area contributed by atoms with Crippen LogP contribution in [0.3, 0.4) is 0 Å². The number of carboxylic acids is 1. The van der Waals surface area contributed by atoms with Gasteiger partial charge in [-0.1, -0.05) is 60.7 Å². The van der Waals surface area contributed by atoms with E-state index in [0.717, 1.165) is 28.3 Å². The number of nitrogens with one attached hydrogen (secondary N) is 1. The molecule has 0 heterocycles. The van der Waals surface area contributed by atoms with Crippen LogP contribution in [0, 0.1) is 0 Å². The number of aromatic carboxylic acids is 1. The molecule has 0 amide bonds. The van der Waals surface area contributed by atoms with Crippen molar-refractivity contribution in [1.82, 2.24) is 0 Å². The molecule has 0 saturated carbocycles. The number of fused-ring (bicyclic) bond motifs is 1. The lowest BCUT2D eigenvalue weighted by Crippen LogP contribution is -2.14. The van der Waals surface area contributed by atoms with Crippen molar-refractivity contribution in [3.05, 3.63) is 108 Å². The zero-order chi connectivity index (χ0) is 22.6. The summed E-state index contributed by atoms with van der Waals surface area (Å²) < 4.78 is 28.8. The van der Waals surface area contributed by atoms with E-state index in [1.807, 2.05) is 42.5 Å². The molecule has 0 spiro atoms. The van der Waals surface area contributed by atoms with Gasteiger partial charge in [0.25, 0.3) is 10.0 Å². The largest absolute Gasteiger partial charge is 0.478 e. The zero-order valence-corrected chi connectivity index (χ0v) is 18.2. The molecule has 2 N–H and O–H groups in total. The highest BCUT2D eigenvalue weighted by Gasteiger charge is 2.16. The minimum Gasteiger partial charge on any atom is -0.478 e. The van der Waals surface area contributed by atoms with Crippen molar-refractivity contribution >= 4 is 32.5 Å². The summed E-state index contributed by atoms with van der Waals surface area (Å²) in [5.74, 6) is -0.944. The fraction of sp³-hybridized carbons (Fsp3) is 0.115. The van der Waals surface area contributed by atoms with Crippen molar-refractivity contribution in [3.63, 3.8) is 0 Å². The lowest BCUT2D eigenvalue weighted by atomic mass is 10.0. The molecule has 0 fully saturated rings. The normalized spacial score (nSPS) is 11.4. The van der Waals surface area contributed by atoms with Crippen LogP contribution in [-0.4, -0.2) is 19.5 Å². The monoisotopic (exact) mass is 445 g/mol. The van der Waals surface area contributed by atoms with Gasteiger partial charge in [0.2, 0.25) is 0 Å². The van der Waals surface area contributed by atoms with Crippen LogP contribution in [-0.2, 0) is 22.9 Å². The average molecular weight is 446 g/mol. The Morgan fingerprint density at radius 1 is 0.781 bits per heavy atom. The average Bonchev–Trinajstić information content (AvgIpc) is 2.80. The number of hydrogen-bond acceptors (Lipinski definition) is 3.